The van der Waals surface area contributed by atoms with E-state index in [9.17, 15) is 9.18 Å². The number of esters is 1. The SMILES string of the molecule is C=C(C(=O)OC)C(F)CCc1ccccc1. The highest BCUT2D eigenvalue weighted by Gasteiger charge is 2.18. The van der Waals surface area contributed by atoms with Gasteiger partial charge in [0.25, 0.3) is 0 Å². The Morgan fingerprint density at radius 1 is 1.44 bits per heavy atom. The third-order valence-electron chi connectivity index (χ3n) is 2.35. The van der Waals surface area contributed by atoms with E-state index in [-0.39, 0.29) is 12.0 Å². The highest BCUT2D eigenvalue weighted by atomic mass is 19.1. The Morgan fingerprint density at radius 3 is 2.62 bits per heavy atom. The van der Waals surface area contributed by atoms with Gasteiger partial charge in [-0.05, 0) is 18.4 Å². The molecular weight excluding hydrogens is 207 g/mol. The maximum Gasteiger partial charge on any atom is 0.336 e. The van der Waals surface area contributed by atoms with Gasteiger partial charge < -0.3 is 4.74 Å². The summed E-state index contributed by atoms with van der Waals surface area (Å²) < 4.78 is 17.9. The summed E-state index contributed by atoms with van der Waals surface area (Å²) in [6.45, 7) is 3.39. The molecule has 2 nitrogen and oxygen atoms in total. The van der Waals surface area contributed by atoms with Crippen LogP contribution in [0.4, 0.5) is 4.39 Å². The summed E-state index contributed by atoms with van der Waals surface area (Å²) in [7, 11) is 1.22. The molecule has 0 saturated heterocycles. The molecule has 3 heteroatoms. The molecule has 1 aromatic carbocycles. The number of hydrogen-bond acceptors (Lipinski definition) is 2. The smallest absolute Gasteiger partial charge is 0.336 e. The van der Waals surface area contributed by atoms with Crippen LogP contribution >= 0.6 is 0 Å². The van der Waals surface area contributed by atoms with Gasteiger partial charge in [-0.1, -0.05) is 36.9 Å². The van der Waals surface area contributed by atoms with Gasteiger partial charge in [0, 0.05) is 0 Å². The van der Waals surface area contributed by atoms with Gasteiger partial charge in [-0.15, -0.1) is 0 Å². The van der Waals surface area contributed by atoms with Gasteiger partial charge >= 0.3 is 5.97 Å². The van der Waals surface area contributed by atoms with E-state index in [0.29, 0.717) is 6.42 Å². The number of methoxy groups -OCH3 is 1. The first kappa shape index (κ1) is 12.4. The second kappa shape index (κ2) is 6.05. The van der Waals surface area contributed by atoms with Crippen molar-refractivity contribution in [1.29, 1.82) is 0 Å². The molecular formula is C13H15FO2. The average Bonchev–Trinajstić information content (AvgIpc) is 2.35. The topological polar surface area (TPSA) is 26.3 Å². The molecule has 0 saturated carbocycles. The fourth-order valence-corrected chi connectivity index (χ4v) is 1.37. The first-order valence-electron chi connectivity index (χ1n) is 5.10. The van der Waals surface area contributed by atoms with Crippen molar-refractivity contribution in [2.24, 2.45) is 0 Å². The van der Waals surface area contributed by atoms with Gasteiger partial charge in [0.05, 0.1) is 12.7 Å². The summed E-state index contributed by atoms with van der Waals surface area (Å²) in [6.07, 6.45) is -0.511. The van der Waals surface area contributed by atoms with E-state index in [1.807, 2.05) is 30.3 Å². The minimum Gasteiger partial charge on any atom is -0.466 e. The van der Waals surface area contributed by atoms with Crippen LogP contribution in [0.25, 0.3) is 0 Å². The molecule has 1 aromatic rings. The van der Waals surface area contributed by atoms with Gasteiger partial charge in [0.1, 0.15) is 6.17 Å². The van der Waals surface area contributed by atoms with Crippen molar-refractivity contribution < 1.29 is 13.9 Å². The molecule has 0 radical (unpaired) electrons. The number of aryl methyl sites for hydroxylation is 1. The van der Waals surface area contributed by atoms with Gasteiger partial charge in [-0.25, -0.2) is 9.18 Å². The first-order valence-corrected chi connectivity index (χ1v) is 5.10. The van der Waals surface area contributed by atoms with E-state index in [0.717, 1.165) is 5.56 Å². The van der Waals surface area contributed by atoms with E-state index in [4.69, 9.17) is 0 Å². The van der Waals surface area contributed by atoms with Crippen molar-refractivity contribution in [3.05, 3.63) is 48.0 Å². The summed E-state index contributed by atoms with van der Waals surface area (Å²) >= 11 is 0. The predicted octanol–water partition coefficient (Wildman–Crippen LogP) is 2.69. The van der Waals surface area contributed by atoms with Gasteiger partial charge in [0.15, 0.2) is 0 Å². The summed E-state index contributed by atoms with van der Waals surface area (Å²) in [4.78, 5) is 11.0. The zero-order valence-corrected chi connectivity index (χ0v) is 9.28. The fraction of sp³-hybridized carbons (Fsp3) is 0.308. The standard InChI is InChI=1S/C13H15FO2/c1-10(13(15)16-2)12(14)9-8-11-6-4-3-5-7-11/h3-7,12H,1,8-9H2,2H3. The van der Waals surface area contributed by atoms with E-state index in [2.05, 4.69) is 11.3 Å². The Labute approximate surface area is 94.7 Å². The first-order chi connectivity index (χ1) is 7.65. The van der Waals surface area contributed by atoms with Crippen LogP contribution in [0.15, 0.2) is 42.5 Å². The molecule has 0 aliphatic carbocycles. The quantitative estimate of drug-likeness (QED) is 0.565. The molecule has 0 aromatic heterocycles. The second-order valence-corrected chi connectivity index (χ2v) is 3.51. The highest BCUT2D eigenvalue weighted by molar-refractivity contribution is 5.88. The Kier molecular flexibility index (Phi) is 4.70. The minimum atomic E-state index is -1.34. The number of carbonyl (C=O) groups is 1. The summed E-state index contributed by atoms with van der Waals surface area (Å²) in [6, 6.07) is 9.56. The van der Waals surface area contributed by atoms with Crippen molar-refractivity contribution in [3.63, 3.8) is 0 Å². The number of rotatable bonds is 5. The molecule has 0 heterocycles. The van der Waals surface area contributed by atoms with Crippen molar-refractivity contribution in [2.45, 2.75) is 19.0 Å². The number of carbonyl (C=O) groups excluding carboxylic acids is 1. The van der Waals surface area contributed by atoms with Crippen LogP contribution in [-0.2, 0) is 16.0 Å². The van der Waals surface area contributed by atoms with Crippen molar-refractivity contribution in [1.82, 2.24) is 0 Å². The number of benzene rings is 1. The van der Waals surface area contributed by atoms with Crippen LogP contribution in [0.5, 0.6) is 0 Å². The normalized spacial score (nSPS) is 11.9. The molecule has 16 heavy (non-hydrogen) atoms. The molecule has 86 valence electrons. The molecule has 1 rings (SSSR count). The number of alkyl halides is 1. The molecule has 1 atom stereocenters. The summed E-state index contributed by atoms with van der Waals surface area (Å²) in [5.74, 6) is -0.680. The lowest BCUT2D eigenvalue weighted by Gasteiger charge is -2.09. The molecule has 0 amide bonds. The van der Waals surface area contributed by atoms with Gasteiger partial charge in [-0.3, -0.25) is 0 Å². The van der Waals surface area contributed by atoms with Crippen LogP contribution in [0, 0.1) is 0 Å². The third kappa shape index (κ3) is 3.50. The van der Waals surface area contributed by atoms with E-state index in [1.165, 1.54) is 7.11 Å². The van der Waals surface area contributed by atoms with Crippen molar-refractivity contribution in [2.75, 3.05) is 7.11 Å². The molecule has 0 fully saturated rings. The maximum atomic E-state index is 13.5. The Morgan fingerprint density at radius 2 is 2.06 bits per heavy atom. The molecule has 0 N–H and O–H groups in total. The van der Waals surface area contributed by atoms with E-state index < -0.39 is 12.1 Å². The number of ether oxygens (including phenoxy) is 1. The zero-order valence-electron chi connectivity index (χ0n) is 9.28. The monoisotopic (exact) mass is 222 g/mol. The Bertz CT molecular complexity index is 359. The van der Waals surface area contributed by atoms with Crippen LogP contribution in [0.3, 0.4) is 0 Å². The molecule has 0 bridgehead atoms. The molecule has 1 unspecified atom stereocenters. The van der Waals surface area contributed by atoms with Crippen LogP contribution in [-0.4, -0.2) is 19.3 Å². The molecule has 0 aliphatic heterocycles. The lowest BCUT2D eigenvalue weighted by molar-refractivity contribution is -0.136. The number of halogens is 1. The van der Waals surface area contributed by atoms with E-state index >= 15 is 0 Å². The van der Waals surface area contributed by atoms with Crippen molar-refractivity contribution >= 4 is 5.97 Å². The fourth-order valence-electron chi connectivity index (χ4n) is 1.37. The lowest BCUT2D eigenvalue weighted by atomic mass is 10.0. The van der Waals surface area contributed by atoms with Gasteiger partial charge in [0.2, 0.25) is 0 Å². The third-order valence-corrected chi connectivity index (χ3v) is 2.35. The highest BCUT2D eigenvalue weighted by Crippen LogP contribution is 2.14. The Balaban J connectivity index is 2.44. The van der Waals surface area contributed by atoms with Crippen molar-refractivity contribution in [3.8, 4) is 0 Å². The second-order valence-electron chi connectivity index (χ2n) is 3.51. The molecule has 0 spiro atoms. The van der Waals surface area contributed by atoms with Gasteiger partial charge in [-0.2, -0.15) is 0 Å². The summed E-state index contributed by atoms with van der Waals surface area (Å²) in [5, 5.41) is 0. The van der Waals surface area contributed by atoms with Crippen LogP contribution in [0.2, 0.25) is 0 Å². The zero-order chi connectivity index (χ0) is 12.0. The maximum absolute atomic E-state index is 13.5. The number of hydrogen-bond donors (Lipinski definition) is 0. The van der Waals surface area contributed by atoms with Crippen LogP contribution in [0.1, 0.15) is 12.0 Å². The largest absolute Gasteiger partial charge is 0.466 e. The summed E-state index contributed by atoms with van der Waals surface area (Å²) in [5.41, 5.74) is 0.932. The minimum absolute atomic E-state index is 0.113. The Hall–Kier alpha value is -1.64. The lowest BCUT2D eigenvalue weighted by Crippen LogP contribution is -2.15. The van der Waals surface area contributed by atoms with Crippen LogP contribution < -0.4 is 0 Å². The molecule has 0 aliphatic rings. The van der Waals surface area contributed by atoms with E-state index in [1.54, 1.807) is 0 Å². The average molecular weight is 222 g/mol. The predicted molar refractivity (Wildman–Crippen MR) is 60.8 cm³/mol.